The van der Waals surface area contributed by atoms with E-state index in [9.17, 15) is 4.79 Å². The summed E-state index contributed by atoms with van der Waals surface area (Å²) in [6.45, 7) is 6.31. The average molecular weight is 999 g/mol. The Morgan fingerprint density at radius 2 is 0.740 bits per heavy atom. The molecule has 8 nitrogen and oxygen atoms in total. The molecule has 0 saturated heterocycles. The van der Waals surface area contributed by atoms with E-state index in [1.165, 1.54) is 11.6 Å². The number of fused-ring (bicyclic) bond motifs is 8. The minimum atomic E-state index is -0.511. The molecule has 5 heterocycles. The van der Waals surface area contributed by atoms with E-state index in [2.05, 4.69) is 164 Å². The number of hydrogen-bond acceptors (Lipinski definition) is 6. The van der Waals surface area contributed by atoms with Gasteiger partial charge in [0.2, 0.25) is 0 Å². The highest BCUT2D eigenvalue weighted by Gasteiger charge is 2.51. The molecule has 8 heteroatoms. The minimum Gasteiger partial charge on any atom is -0.496 e. The number of aromatic nitrogens is 4. The first-order valence-corrected chi connectivity index (χ1v) is 26.0. The van der Waals surface area contributed by atoms with Crippen LogP contribution in [0.1, 0.15) is 79.1 Å². The predicted octanol–water partition coefficient (Wildman–Crippen LogP) is 15.4. The van der Waals surface area contributed by atoms with Crippen LogP contribution in [-0.2, 0) is 9.59 Å². The Kier molecular flexibility index (Phi) is 10.6. The molecule has 2 atom stereocenters. The quantitative estimate of drug-likeness (QED) is 0.154. The summed E-state index contributed by atoms with van der Waals surface area (Å²) in [5.41, 5.74) is 23.9. The summed E-state index contributed by atoms with van der Waals surface area (Å²) in [5.74, 6) is -0.00720. The van der Waals surface area contributed by atoms with Crippen molar-refractivity contribution >= 4 is 63.5 Å². The highest BCUT2D eigenvalue weighted by Crippen LogP contribution is 2.62. The number of hydrogen-bond donors (Lipinski definition) is 2. The Balaban J connectivity index is 0.969. The number of Topliss-reactive ketones (excluding diaryl/α,β-unsaturated/α-hetero) is 1. The van der Waals surface area contributed by atoms with E-state index in [-0.39, 0.29) is 11.6 Å². The number of aromatic amines is 2. The Bertz CT molecular complexity index is 4290. The fraction of sp³-hybridized carbons (Fsp3) is 0.101. The smallest absolute Gasteiger partial charge is 0.191 e. The zero-order valence-electron chi connectivity index (χ0n) is 43.1. The van der Waals surface area contributed by atoms with Crippen molar-refractivity contribution in [3.63, 3.8) is 0 Å². The summed E-state index contributed by atoms with van der Waals surface area (Å²) < 4.78 is 11.9. The first-order valence-electron chi connectivity index (χ1n) is 26.0. The summed E-state index contributed by atoms with van der Waals surface area (Å²) in [6, 6.07) is 54.2. The van der Waals surface area contributed by atoms with Gasteiger partial charge in [-0.15, -0.1) is 0 Å². The fourth-order valence-electron chi connectivity index (χ4n) is 12.4. The molecular weight excluding hydrogens is 949 g/mol. The molecule has 9 aromatic rings. The van der Waals surface area contributed by atoms with Crippen LogP contribution in [0.2, 0.25) is 0 Å². The number of nitrogens with zero attached hydrogens (tertiary/aromatic N) is 2. The van der Waals surface area contributed by atoms with Crippen molar-refractivity contribution in [3.05, 3.63) is 242 Å². The third-order valence-corrected chi connectivity index (χ3v) is 16.0. The van der Waals surface area contributed by atoms with E-state index in [0.29, 0.717) is 33.8 Å². The topological polar surface area (TPSA) is 110 Å². The van der Waals surface area contributed by atoms with Gasteiger partial charge in [0.25, 0.3) is 0 Å². The molecule has 15 rings (SSSR count). The van der Waals surface area contributed by atoms with Crippen LogP contribution < -0.4 is 9.47 Å². The van der Waals surface area contributed by atoms with Gasteiger partial charge in [-0.1, -0.05) is 138 Å². The highest BCUT2D eigenvalue weighted by atomic mass is 16.5. The van der Waals surface area contributed by atoms with Crippen LogP contribution in [0.4, 0.5) is 0 Å². The molecule has 3 aromatic heterocycles. The fourth-order valence-corrected chi connectivity index (χ4v) is 12.4. The molecule has 2 N–H and O–H groups in total. The van der Waals surface area contributed by atoms with E-state index >= 15 is 4.79 Å². The molecule has 6 aromatic carbocycles. The molecule has 77 heavy (non-hydrogen) atoms. The third kappa shape index (κ3) is 7.27. The lowest BCUT2D eigenvalue weighted by Gasteiger charge is -2.44. The second-order valence-corrected chi connectivity index (χ2v) is 20.5. The number of methoxy groups -OCH3 is 2. The lowest BCUT2D eigenvalue weighted by molar-refractivity contribution is -0.115. The van der Waals surface area contributed by atoms with Gasteiger partial charge in [0.1, 0.15) is 11.5 Å². The average Bonchev–Trinajstić information content (AvgIpc) is 4.45. The molecule has 0 radical (unpaired) electrons. The second-order valence-electron chi connectivity index (χ2n) is 20.5. The van der Waals surface area contributed by atoms with Crippen LogP contribution in [0.3, 0.4) is 0 Å². The Hall–Kier alpha value is -9.66. The molecule has 0 amide bonds. The molecule has 4 aliphatic carbocycles. The SMILES string of the molecule is COc1ccc(OC)c2c1[C@@H]1C3=C(C(=O)C(c4ccc(-c5c6nc(c(-c7ccc(C)cc7)c7ccc([nH]7)c(-c7ccc(C)cc7)c7nc(c(-c8ccc(C)cc8)c8ccc5[nH]8)C=C7)C=C6)cc4)=CC3=O)[C@H]2c2ccccc21. The number of aryl methyl sites for hydroxylation is 3. The van der Waals surface area contributed by atoms with Gasteiger partial charge < -0.3 is 19.4 Å². The van der Waals surface area contributed by atoms with Gasteiger partial charge >= 0.3 is 0 Å². The summed E-state index contributed by atoms with van der Waals surface area (Å²) in [5, 5.41) is 0. The van der Waals surface area contributed by atoms with Gasteiger partial charge in [-0.3, -0.25) is 9.59 Å². The molecule has 2 aliphatic heterocycles. The summed E-state index contributed by atoms with van der Waals surface area (Å²) in [6.07, 6.45) is 9.96. The summed E-state index contributed by atoms with van der Waals surface area (Å²) in [4.78, 5) is 48.7. The largest absolute Gasteiger partial charge is 0.496 e. The van der Waals surface area contributed by atoms with E-state index in [1.807, 2.05) is 48.5 Å². The number of rotatable bonds is 7. The predicted molar refractivity (Wildman–Crippen MR) is 310 cm³/mol. The number of nitrogens with one attached hydrogen (secondary N) is 2. The van der Waals surface area contributed by atoms with Crippen LogP contribution in [-0.4, -0.2) is 45.7 Å². The van der Waals surface area contributed by atoms with Gasteiger partial charge in [0, 0.05) is 84.0 Å². The molecule has 6 aliphatic rings. The minimum absolute atomic E-state index is 0.167. The van der Waals surface area contributed by atoms with Gasteiger partial charge in [0.15, 0.2) is 11.6 Å². The van der Waals surface area contributed by atoms with Crippen molar-refractivity contribution < 1.29 is 19.1 Å². The van der Waals surface area contributed by atoms with Crippen LogP contribution in [0, 0.1) is 20.8 Å². The molecule has 0 unspecified atom stereocenters. The Morgan fingerprint density at radius 3 is 1.10 bits per heavy atom. The van der Waals surface area contributed by atoms with Crippen molar-refractivity contribution in [1.29, 1.82) is 0 Å². The maximum atomic E-state index is 15.3. The first kappa shape index (κ1) is 45.9. The van der Waals surface area contributed by atoms with E-state index in [0.717, 1.165) is 123 Å². The maximum Gasteiger partial charge on any atom is 0.191 e. The number of carbonyl (C=O) groups is 2. The van der Waals surface area contributed by atoms with Crippen molar-refractivity contribution in [3.8, 4) is 56.0 Å². The van der Waals surface area contributed by atoms with Crippen LogP contribution in [0.25, 0.3) is 96.5 Å². The second kappa shape index (κ2) is 17.7. The van der Waals surface area contributed by atoms with Crippen LogP contribution >= 0.6 is 0 Å². The van der Waals surface area contributed by atoms with Gasteiger partial charge in [-0.25, -0.2) is 9.97 Å². The number of ether oxygens (including phenoxy) is 2. The number of carbonyl (C=O) groups excluding carboxylic acids is 2. The van der Waals surface area contributed by atoms with Gasteiger partial charge in [0.05, 0.1) is 37.0 Å². The third-order valence-electron chi connectivity index (χ3n) is 16.0. The zero-order chi connectivity index (χ0) is 52.2. The van der Waals surface area contributed by atoms with Crippen molar-refractivity contribution in [2.75, 3.05) is 14.2 Å². The first-order chi connectivity index (χ1) is 37.6. The zero-order valence-corrected chi connectivity index (χ0v) is 43.1. The number of ketones is 2. The highest BCUT2D eigenvalue weighted by molar-refractivity contribution is 6.39. The van der Waals surface area contributed by atoms with Crippen molar-refractivity contribution in [2.45, 2.75) is 32.6 Å². The molecule has 0 saturated carbocycles. The van der Waals surface area contributed by atoms with E-state index in [4.69, 9.17) is 19.4 Å². The lowest BCUT2D eigenvalue weighted by Crippen LogP contribution is -2.36. The maximum absolute atomic E-state index is 15.3. The standard InChI is InChI=1S/C69H50N4O4/c1-37-10-16-41(17-11-37)59-48-26-28-50(70-48)60(42-18-12-38(2)13-19-42)52-30-32-54(72-52)62(55-33-31-53(73-55)61(51-29-27-49(59)71-51)43-20-14-39(3)15-21-43)44-24-22-40(23-25-44)47-36-56(74)65-63-45-8-6-7-9-46(45)64(68(65)69(47)75)67-58(77-5)35-34-57(76-4)66(63)67/h6-36,63-64,70,73H,1-5H3/t63-,64-/m0/s1. The Morgan fingerprint density at radius 1 is 0.403 bits per heavy atom. The van der Waals surface area contributed by atoms with Gasteiger partial charge in [-0.05, 0) is 126 Å². The number of allylic oxidation sites excluding steroid dienone is 4. The van der Waals surface area contributed by atoms with Gasteiger partial charge in [-0.2, -0.15) is 0 Å². The summed E-state index contributed by atoms with van der Waals surface area (Å²) >= 11 is 0. The monoisotopic (exact) mass is 998 g/mol. The van der Waals surface area contributed by atoms with Crippen LogP contribution in [0.15, 0.2) is 175 Å². The Labute approximate surface area is 445 Å². The molecule has 0 spiro atoms. The molecule has 0 fully saturated rings. The summed E-state index contributed by atoms with van der Waals surface area (Å²) in [7, 11) is 3.29. The van der Waals surface area contributed by atoms with E-state index < -0.39 is 11.8 Å². The van der Waals surface area contributed by atoms with Crippen molar-refractivity contribution in [2.24, 2.45) is 0 Å². The molecular formula is C69H50N4O4. The van der Waals surface area contributed by atoms with Crippen LogP contribution in [0.5, 0.6) is 11.5 Å². The lowest BCUT2D eigenvalue weighted by atomic mass is 9.57. The number of benzene rings is 6. The number of H-pyrrole nitrogens is 2. The van der Waals surface area contributed by atoms with E-state index in [1.54, 1.807) is 14.2 Å². The normalized spacial score (nSPS) is 15.8. The van der Waals surface area contributed by atoms with Crippen molar-refractivity contribution in [1.82, 2.24) is 19.9 Å². The molecule has 10 bridgehead atoms. The molecule has 370 valence electrons.